The van der Waals surface area contributed by atoms with E-state index in [9.17, 15) is 4.79 Å². The van der Waals surface area contributed by atoms with E-state index in [4.69, 9.17) is 6.42 Å². The summed E-state index contributed by atoms with van der Waals surface area (Å²) in [5.41, 5.74) is 0.754. The number of nitrogens with zero attached hydrogens (tertiary/aromatic N) is 1. The lowest BCUT2D eigenvalue weighted by Gasteiger charge is -2.25. The van der Waals surface area contributed by atoms with Crippen molar-refractivity contribution in [1.29, 1.82) is 0 Å². The normalized spacial score (nSPS) is 16.9. The van der Waals surface area contributed by atoms with E-state index in [1.165, 1.54) is 0 Å². The van der Waals surface area contributed by atoms with Gasteiger partial charge in [-0.25, -0.2) is 0 Å². The molecule has 16 heavy (non-hydrogen) atoms. The molecule has 1 saturated heterocycles. The van der Waals surface area contributed by atoms with Crippen LogP contribution in [0.5, 0.6) is 0 Å². The van der Waals surface area contributed by atoms with Crippen molar-refractivity contribution < 1.29 is 4.79 Å². The highest BCUT2D eigenvalue weighted by Gasteiger charge is 2.19. The van der Waals surface area contributed by atoms with Gasteiger partial charge in [-0.3, -0.25) is 4.79 Å². The molecule has 0 aromatic carbocycles. The Kier molecular flexibility index (Phi) is 3.43. The Morgan fingerprint density at radius 2 is 2.31 bits per heavy atom. The Labute approximate surface area is 95.8 Å². The van der Waals surface area contributed by atoms with Crippen LogP contribution < -0.4 is 5.32 Å². The minimum Gasteiger partial charge on any atom is -0.342 e. The van der Waals surface area contributed by atoms with Crippen LogP contribution in [0.15, 0.2) is 18.3 Å². The summed E-state index contributed by atoms with van der Waals surface area (Å²) in [4.78, 5) is 11.8. The first-order valence-corrected chi connectivity index (χ1v) is 5.67. The molecule has 1 aliphatic rings. The molecule has 0 bridgehead atoms. The van der Waals surface area contributed by atoms with Crippen molar-refractivity contribution >= 4 is 5.78 Å². The lowest BCUT2D eigenvalue weighted by Crippen LogP contribution is -2.30. The smallest absolute Gasteiger partial charge is 0.191 e. The number of piperidine rings is 1. The SMILES string of the molecule is C#CCC(=O)c1cccn1C1CCNCC1. The number of ketones is 1. The third kappa shape index (κ3) is 2.17. The van der Waals surface area contributed by atoms with Crippen LogP contribution in [0.2, 0.25) is 0 Å². The number of carbonyl (C=O) groups is 1. The van der Waals surface area contributed by atoms with Gasteiger partial charge in [0.15, 0.2) is 5.78 Å². The van der Waals surface area contributed by atoms with Crippen molar-refractivity contribution in [3.05, 3.63) is 24.0 Å². The Hall–Kier alpha value is -1.53. The quantitative estimate of drug-likeness (QED) is 0.615. The van der Waals surface area contributed by atoms with Gasteiger partial charge in [0, 0.05) is 12.2 Å². The van der Waals surface area contributed by atoms with Crippen molar-refractivity contribution in [2.45, 2.75) is 25.3 Å². The zero-order chi connectivity index (χ0) is 11.4. The van der Waals surface area contributed by atoms with Crippen LogP contribution in [0.4, 0.5) is 0 Å². The Balaban J connectivity index is 2.18. The molecule has 0 spiro atoms. The molecule has 1 fully saturated rings. The van der Waals surface area contributed by atoms with Crippen molar-refractivity contribution in [2.75, 3.05) is 13.1 Å². The van der Waals surface area contributed by atoms with Crippen LogP contribution >= 0.6 is 0 Å². The van der Waals surface area contributed by atoms with Crippen LogP contribution in [-0.4, -0.2) is 23.4 Å². The van der Waals surface area contributed by atoms with Crippen LogP contribution in [-0.2, 0) is 0 Å². The summed E-state index contributed by atoms with van der Waals surface area (Å²) >= 11 is 0. The molecule has 1 N–H and O–H groups in total. The minimum atomic E-state index is 0.0473. The van der Waals surface area contributed by atoms with Gasteiger partial charge >= 0.3 is 0 Å². The van der Waals surface area contributed by atoms with Gasteiger partial charge in [0.25, 0.3) is 0 Å². The highest BCUT2D eigenvalue weighted by atomic mass is 16.1. The van der Waals surface area contributed by atoms with Crippen LogP contribution in [0.3, 0.4) is 0 Å². The number of terminal acetylenes is 1. The highest BCUT2D eigenvalue weighted by molar-refractivity contribution is 5.96. The fourth-order valence-corrected chi connectivity index (χ4v) is 2.22. The largest absolute Gasteiger partial charge is 0.342 e. The number of aromatic nitrogens is 1. The predicted octanol–water partition coefficient (Wildman–Crippen LogP) is 1.62. The number of Topliss-reactive ketones (excluding diaryl/α,β-unsaturated/α-hetero) is 1. The van der Waals surface area contributed by atoms with E-state index in [0.29, 0.717) is 6.04 Å². The van der Waals surface area contributed by atoms with Crippen molar-refractivity contribution in [3.63, 3.8) is 0 Å². The third-order valence-corrected chi connectivity index (χ3v) is 3.03. The van der Waals surface area contributed by atoms with Gasteiger partial charge in [-0.15, -0.1) is 6.42 Å². The lowest BCUT2D eigenvalue weighted by molar-refractivity contribution is 0.0986. The molecule has 1 aromatic rings. The summed E-state index contributed by atoms with van der Waals surface area (Å²) < 4.78 is 2.08. The standard InChI is InChI=1S/C13H16N2O/c1-2-4-13(16)12-5-3-10-15(12)11-6-8-14-9-7-11/h1,3,5,10-11,14H,4,6-9H2. The zero-order valence-corrected chi connectivity index (χ0v) is 9.28. The van der Waals surface area contributed by atoms with Gasteiger partial charge in [0.2, 0.25) is 0 Å². The Morgan fingerprint density at radius 1 is 1.56 bits per heavy atom. The fourth-order valence-electron chi connectivity index (χ4n) is 2.22. The van der Waals surface area contributed by atoms with Crippen molar-refractivity contribution in [1.82, 2.24) is 9.88 Å². The van der Waals surface area contributed by atoms with E-state index in [2.05, 4.69) is 15.8 Å². The molecule has 1 aliphatic heterocycles. The maximum atomic E-state index is 11.8. The maximum absolute atomic E-state index is 11.8. The molecule has 0 amide bonds. The molecule has 0 radical (unpaired) electrons. The molecule has 1 aromatic heterocycles. The second-order valence-corrected chi connectivity index (χ2v) is 4.09. The molecular formula is C13H16N2O. The summed E-state index contributed by atoms with van der Waals surface area (Å²) in [5.74, 6) is 2.46. The van der Waals surface area contributed by atoms with E-state index in [1.807, 2.05) is 18.3 Å². The van der Waals surface area contributed by atoms with Gasteiger partial charge in [-0.1, -0.05) is 5.92 Å². The van der Waals surface area contributed by atoms with Gasteiger partial charge in [0.1, 0.15) is 0 Å². The minimum absolute atomic E-state index is 0.0473. The predicted molar refractivity (Wildman–Crippen MR) is 63.4 cm³/mol. The van der Waals surface area contributed by atoms with Gasteiger partial charge in [-0.2, -0.15) is 0 Å². The number of carbonyl (C=O) groups excluding carboxylic acids is 1. The Bertz CT molecular complexity index is 408. The second-order valence-electron chi connectivity index (χ2n) is 4.09. The van der Waals surface area contributed by atoms with Gasteiger partial charge in [-0.05, 0) is 38.1 Å². The molecular weight excluding hydrogens is 200 g/mol. The highest BCUT2D eigenvalue weighted by Crippen LogP contribution is 2.21. The van der Waals surface area contributed by atoms with E-state index in [1.54, 1.807) is 0 Å². The number of rotatable bonds is 3. The molecule has 3 heteroatoms. The van der Waals surface area contributed by atoms with Gasteiger partial charge < -0.3 is 9.88 Å². The number of hydrogen-bond acceptors (Lipinski definition) is 2. The molecule has 3 nitrogen and oxygen atoms in total. The van der Waals surface area contributed by atoms with Crippen LogP contribution in [0.1, 0.15) is 35.8 Å². The average Bonchev–Trinajstić information content (AvgIpc) is 2.79. The molecule has 0 aliphatic carbocycles. The summed E-state index contributed by atoms with van der Waals surface area (Å²) in [6.45, 7) is 2.04. The van der Waals surface area contributed by atoms with E-state index in [0.717, 1.165) is 31.6 Å². The molecule has 2 heterocycles. The topological polar surface area (TPSA) is 34.0 Å². The summed E-state index contributed by atoms with van der Waals surface area (Å²) in [7, 11) is 0. The fraction of sp³-hybridized carbons (Fsp3) is 0.462. The maximum Gasteiger partial charge on any atom is 0.191 e. The molecule has 0 saturated carbocycles. The van der Waals surface area contributed by atoms with E-state index < -0.39 is 0 Å². The molecule has 0 atom stereocenters. The Morgan fingerprint density at radius 3 is 3.00 bits per heavy atom. The molecule has 0 unspecified atom stereocenters. The van der Waals surface area contributed by atoms with Crippen molar-refractivity contribution in [2.24, 2.45) is 0 Å². The summed E-state index contributed by atoms with van der Waals surface area (Å²) in [5, 5.41) is 3.32. The van der Waals surface area contributed by atoms with Gasteiger partial charge in [0.05, 0.1) is 12.1 Å². The van der Waals surface area contributed by atoms with E-state index in [-0.39, 0.29) is 12.2 Å². The first-order chi connectivity index (χ1) is 7.83. The molecule has 2 rings (SSSR count). The van der Waals surface area contributed by atoms with Crippen LogP contribution in [0, 0.1) is 12.3 Å². The van der Waals surface area contributed by atoms with E-state index >= 15 is 0 Å². The van der Waals surface area contributed by atoms with Crippen LogP contribution in [0.25, 0.3) is 0 Å². The lowest BCUT2D eigenvalue weighted by atomic mass is 10.1. The number of hydrogen-bond donors (Lipinski definition) is 1. The summed E-state index contributed by atoms with van der Waals surface area (Å²) in [6, 6.07) is 4.22. The first kappa shape index (κ1) is 11.0. The molecule has 84 valence electrons. The number of nitrogens with one attached hydrogen (secondary N) is 1. The zero-order valence-electron chi connectivity index (χ0n) is 9.28. The average molecular weight is 216 g/mol. The second kappa shape index (κ2) is 5.00. The third-order valence-electron chi connectivity index (χ3n) is 3.03. The monoisotopic (exact) mass is 216 g/mol. The van der Waals surface area contributed by atoms with Crippen molar-refractivity contribution in [3.8, 4) is 12.3 Å². The first-order valence-electron chi connectivity index (χ1n) is 5.67. The summed E-state index contributed by atoms with van der Waals surface area (Å²) in [6.07, 6.45) is 9.50.